The summed E-state index contributed by atoms with van der Waals surface area (Å²) in [5.41, 5.74) is 8.94. The highest BCUT2D eigenvalue weighted by molar-refractivity contribution is 7.80. The molecule has 1 amide bonds. The van der Waals surface area contributed by atoms with E-state index in [1.54, 1.807) is 0 Å². The summed E-state index contributed by atoms with van der Waals surface area (Å²) < 4.78 is 0. The van der Waals surface area contributed by atoms with Crippen molar-refractivity contribution in [2.24, 2.45) is 17.8 Å². The van der Waals surface area contributed by atoms with Crippen LogP contribution in [-0.2, 0) is 4.79 Å². The maximum atomic E-state index is 12.3. The van der Waals surface area contributed by atoms with E-state index in [0.29, 0.717) is 11.0 Å². The number of thiocarbonyl (C=S) groups is 1. The molecule has 2 bridgehead atoms. The predicted octanol–water partition coefficient (Wildman–Crippen LogP) is 3.06. The fourth-order valence-corrected chi connectivity index (χ4v) is 3.98. The lowest BCUT2D eigenvalue weighted by Crippen LogP contribution is -2.47. The second-order valence-electron chi connectivity index (χ2n) is 6.60. The molecule has 0 aromatic heterocycles. The van der Waals surface area contributed by atoms with Gasteiger partial charge in [0.15, 0.2) is 5.11 Å². The van der Waals surface area contributed by atoms with Gasteiger partial charge in [0.1, 0.15) is 0 Å². The van der Waals surface area contributed by atoms with Crippen molar-refractivity contribution in [2.75, 3.05) is 5.32 Å². The Morgan fingerprint density at radius 2 is 2.00 bits per heavy atom. The molecule has 2 saturated carbocycles. The Kier molecular flexibility index (Phi) is 4.34. The largest absolute Gasteiger partial charge is 0.331 e. The summed E-state index contributed by atoms with van der Waals surface area (Å²) in [5.74, 6) is 1.58. The quantitative estimate of drug-likeness (QED) is 0.580. The molecule has 118 valence electrons. The molecule has 1 aromatic carbocycles. The summed E-state index contributed by atoms with van der Waals surface area (Å²) in [5, 5.41) is 3.56. The third-order valence-electron chi connectivity index (χ3n) is 5.23. The van der Waals surface area contributed by atoms with Crippen LogP contribution in [-0.4, -0.2) is 11.0 Å². The second kappa shape index (κ2) is 6.24. The fraction of sp³-hybridized carbons (Fsp3) is 0.529. The van der Waals surface area contributed by atoms with Crippen LogP contribution in [0.15, 0.2) is 18.2 Å². The van der Waals surface area contributed by atoms with E-state index in [-0.39, 0.29) is 11.8 Å². The molecule has 5 heteroatoms. The first-order chi connectivity index (χ1) is 10.5. The summed E-state index contributed by atoms with van der Waals surface area (Å²) in [6.07, 6.45) is 4.76. The molecule has 0 spiro atoms. The van der Waals surface area contributed by atoms with Crippen LogP contribution in [0.5, 0.6) is 0 Å². The summed E-state index contributed by atoms with van der Waals surface area (Å²) in [6.45, 7) is 4.11. The summed E-state index contributed by atoms with van der Waals surface area (Å²) in [6, 6.07) is 6.03. The van der Waals surface area contributed by atoms with Crippen LogP contribution >= 0.6 is 12.2 Å². The number of anilines is 1. The van der Waals surface area contributed by atoms with Crippen LogP contribution in [0.4, 0.5) is 5.69 Å². The maximum Gasteiger partial charge on any atom is 0.241 e. The van der Waals surface area contributed by atoms with Gasteiger partial charge in [-0.15, -0.1) is 0 Å². The van der Waals surface area contributed by atoms with Gasteiger partial charge in [-0.05, 0) is 74.4 Å². The first kappa shape index (κ1) is 15.3. The lowest BCUT2D eigenvalue weighted by Gasteiger charge is -2.21. The summed E-state index contributed by atoms with van der Waals surface area (Å²) in [4.78, 5) is 12.3. The Bertz CT molecular complexity index is 602. The highest BCUT2D eigenvalue weighted by Crippen LogP contribution is 2.48. The predicted molar refractivity (Wildman–Crippen MR) is 92.4 cm³/mol. The Labute approximate surface area is 137 Å². The molecule has 2 aliphatic rings. The topological polar surface area (TPSA) is 53.2 Å². The van der Waals surface area contributed by atoms with Crippen LogP contribution < -0.4 is 16.2 Å². The standard InChI is InChI=1S/C17H23N3OS/c1-10-4-3-5-15(11(10)2)18-17(22)20-19-16(21)14-9-12-6-7-13(14)8-12/h3-5,12-14H,6-9H2,1-2H3,(H,19,21)(H2,18,20,22). The molecule has 3 N–H and O–H groups in total. The minimum absolute atomic E-state index is 0.0808. The van der Waals surface area contributed by atoms with Crippen molar-refractivity contribution in [3.05, 3.63) is 29.3 Å². The van der Waals surface area contributed by atoms with Gasteiger partial charge in [-0.25, -0.2) is 0 Å². The molecular weight excluding hydrogens is 294 g/mol. The molecule has 3 atom stereocenters. The SMILES string of the molecule is Cc1cccc(NC(=S)NNC(=O)C2CC3CCC2C3)c1C. The Balaban J connectivity index is 1.50. The Hall–Kier alpha value is -1.62. The zero-order valence-electron chi connectivity index (χ0n) is 13.1. The van der Waals surface area contributed by atoms with Gasteiger partial charge in [0.25, 0.3) is 0 Å². The lowest BCUT2D eigenvalue weighted by molar-refractivity contribution is -0.127. The Morgan fingerprint density at radius 1 is 1.18 bits per heavy atom. The molecule has 0 saturated heterocycles. The number of rotatable bonds is 2. The number of benzene rings is 1. The highest BCUT2D eigenvalue weighted by atomic mass is 32.1. The van der Waals surface area contributed by atoms with E-state index in [1.165, 1.54) is 24.8 Å². The van der Waals surface area contributed by atoms with E-state index in [2.05, 4.69) is 29.2 Å². The number of fused-ring (bicyclic) bond motifs is 2. The highest BCUT2D eigenvalue weighted by Gasteiger charge is 2.43. The second-order valence-corrected chi connectivity index (χ2v) is 7.01. The van der Waals surface area contributed by atoms with Gasteiger partial charge in [0.2, 0.25) is 5.91 Å². The normalized spacial score (nSPS) is 25.8. The first-order valence-electron chi connectivity index (χ1n) is 7.97. The number of carbonyl (C=O) groups excluding carboxylic acids is 1. The number of hydrogen-bond donors (Lipinski definition) is 3. The van der Waals surface area contributed by atoms with Gasteiger partial charge < -0.3 is 5.32 Å². The van der Waals surface area contributed by atoms with E-state index in [4.69, 9.17) is 12.2 Å². The van der Waals surface area contributed by atoms with E-state index < -0.39 is 0 Å². The van der Waals surface area contributed by atoms with E-state index >= 15 is 0 Å². The third kappa shape index (κ3) is 3.09. The number of nitrogens with one attached hydrogen (secondary N) is 3. The van der Waals surface area contributed by atoms with Crippen molar-refractivity contribution in [3.63, 3.8) is 0 Å². The molecule has 1 aromatic rings. The lowest BCUT2D eigenvalue weighted by atomic mass is 9.88. The van der Waals surface area contributed by atoms with Crippen LogP contribution in [0, 0.1) is 31.6 Å². The molecular formula is C17H23N3OS. The van der Waals surface area contributed by atoms with Gasteiger partial charge in [-0.1, -0.05) is 18.6 Å². The van der Waals surface area contributed by atoms with Crippen molar-refractivity contribution < 1.29 is 4.79 Å². The maximum absolute atomic E-state index is 12.3. The van der Waals surface area contributed by atoms with Crippen LogP contribution in [0.2, 0.25) is 0 Å². The molecule has 3 rings (SSSR count). The minimum atomic E-state index is 0.0808. The molecule has 3 unspecified atom stereocenters. The van der Waals surface area contributed by atoms with Crippen molar-refractivity contribution in [2.45, 2.75) is 39.5 Å². The van der Waals surface area contributed by atoms with Gasteiger partial charge in [0.05, 0.1) is 0 Å². The number of hydrogen-bond acceptors (Lipinski definition) is 2. The molecule has 22 heavy (non-hydrogen) atoms. The molecule has 2 fully saturated rings. The van der Waals surface area contributed by atoms with Gasteiger partial charge in [0, 0.05) is 11.6 Å². The Morgan fingerprint density at radius 3 is 2.68 bits per heavy atom. The zero-order chi connectivity index (χ0) is 15.7. The molecule has 2 aliphatic carbocycles. The summed E-state index contributed by atoms with van der Waals surface area (Å²) in [7, 11) is 0. The fourth-order valence-electron chi connectivity index (χ4n) is 3.82. The summed E-state index contributed by atoms with van der Waals surface area (Å²) >= 11 is 5.26. The van der Waals surface area contributed by atoms with Gasteiger partial charge in [-0.3, -0.25) is 15.6 Å². The van der Waals surface area contributed by atoms with E-state index in [1.807, 2.05) is 19.1 Å². The van der Waals surface area contributed by atoms with Crippen molar-refractivity contribution in [3.8, 4) is 0 Å². The van der Waals surface area contributed by atoms with Crippen molar-refractivity contribution in [1.29, 1.82) is 0 Å². The minimum Gasteiger partial charge on any atom is -0.331 e. The number of aryl methyl sites for hydroxylation is 1. The van der Waals surface area contributed by atoms with Crippen molar-refractivity contribution in [1.82, 2.24) is 10.9 Å². The van der Waals surface area contributed by atoms with Crippen LogP contribution in [0.25, 0.3) is 0 Å². The van der Waals surface area contributed by atoms with Crippen LogP contribution in [0.3, 0.4) is 0 Å². The number of hydrazine groups is 1. The average Bonchev–Trinajstić information content (AvgIpc) is 3.12. The molecule has 0 heterocycles. The smallest absolute Gasteiger partial charge is 0.241 e. The van der Waals surface area contributed by atoms with Crippen LogP contribution in [0.1, 0.15) is 36.8 Å². The van der Waals surface area contributed by atoms with E-state index in [0.717, 1.165) is 23.6 Å². The van der Waals surface area contributed by atoms with Gasteiger partial charge in [-0.2, -0.15) is 0 Å². The van der Waals surface area contributed by atoms with E-state index in [9.17, 15) is 4.79 Å². The average molecular weight is 317 g/mol. The van der Waals surface area contributed by atoms with Crippen molar-refractivity contribution >= 4 is 28.9 Å². The monoisotopic (exact) mass is 317 g/mol. The van der Waals surface area contributed by atoms with Gasteiger partial charge >= 0.3 is 0 Å². The number of carbonyl (C=O) groups is 1. The first-order valence-corrected chi connectivity index (χ1v) is 8.38. The number of amides is 1. The molecule has 0 radical (unpaired) electrons. The molecule has 4 nitrogen and oxygen atoms in total. The molecule has 0 aliphatic heterocycles. The third-order valence-corrected chi connectivity index (χ3v) is 5.43. The zero-order valence-corrected chi connectivity index (χ0v) is 13.9.